The SMILES string of the molecule is Cc1c(-n2c(=O)n(-c3cc(C(C)(C)C)c(OC(=O)OC(C)(C)C)c(C(C)(C)C)c3)c(=O)n(-c3cc(C(C)(C)C)c(OC(=O)OC(C)(C)C)c(C(C)(C)C)c3)c2=O)cc(C(C)(C)C)c(OC(=O)OC(C)(C)C)c1C(C)(C)C. The van der Waals surface area contributed by atoms with Crippen molar-refractivity contribution in [2.24, 2.45) is 0 Å². The Morgan fingerprint density at radius 1 is 0.342 bits per heavy atom. The Morgan fingerprint density at radius 3 is 0.816 bits per heavy atom. The molecule has 0 aliphatic rings. The van der Waals surface area contributed by atoms with Crippen molar-refractivity contribution in [1.82, 2.24) is 13.7 Å². The third-order valence-electron chi connectivity index (χ3n) is 12.1. The van der Waals surface area contributed by atoms with E-state index in [1.807, 2.05) is 125 Å². The van der Waals surface area contributed by atoms with Crippen LogP contribution in [0.2, 0.25) is 0 Å². The van der Waals surface area contributed by atoms with Crippen molar-refractivity contribution < 1.29 is 42.8 Å². The Hall–Kier alpha value is -6.12. The highest BCUT2D eigenvalue weighted by molar-refractivity contribution is 5.71. The molecule has 0 atom stereocenters. The highest BCUT2D eigenvalue weighted by Crippen LogP contribution is 2.46. The largest absolute Gasteiger partial charge is 0.514 e. The molecule has 0 N–H and O–H groups in total. The van der Waals surface area contributed by atoms with Crippen LogP contribution in [0.1, 0.15) is 226 Å². The molecular formula is C61H89N3O12. The average molecular weight is 1060 g/mol. The maximum atomic E-state index is 16.0. The smallest absolute Gasteiger partial charge is 0.428 e. The van der Waals surface area contributed by atoms with Crippen LogP contribution in [0.25, 0.3) is 17.1 Å². The van der Waals surface area contributed by atoms with Crippen molar-refractivity contribution in [2.45, 2.75) is 243 Å². The molecule has 15 nitrogen and oxygen atoms in total. The summed E-state index contributed by atoms with van der Waals surface area (Å²) >= 11 is 0. The van der Waals surface area contributed by atoms with Crippen molar-refractivity contribution in [1.29, 1.82) is 0 Å². The van der Waals surface area contributed by atoms with E-state index in [9.17, 15) is 14.4 Å². The zero-order valence-corrected chi connectivity index (χ0v) is 51.1. The van der Waals surface area contributed by atoms with Gasteiger partial charge in [0.2, 0.25) is 0 Å². The number of rotatable bonds is 6. The molecule has 0 spiro atoms. The van der Waals surface area contributed by atoms with Gasteiger partial charge in [-0.2, -0.15) is 0 Å². The van der Waals surface area contributed by atoms with E-state index in [1.54, 1.807) is 99.6 Å². The van der Waals surface area contributed by atoms with Gasteiger partial charge in [-0.3, -0.25) is 0 Å². The highest BCUT2D eigenvalue weighted by atomic mass is 16.7. The minimum atomic E-state index is -1.01. The lowest BCUT2D eigenvalue weighted by molar-refractivity contribution is 0.0185. The van der Waals surface area contributed by atoms with Gasteiger partial charge >= 0.3 is 35.5 Å². The van der Waals surface area contributed by atoms with Crippen LogP contribution in [0.4, 0.5) is 14.4 Å². The maximum absolute atomic E-state index is 16.0. The summed E-state index contributed by atoms with van der Waals surface area (Å²) in [6, 6.07) is 8.16. The number of benzene rings is 3. The molecule has 0 saturated heterocycles. The Balaban J connectivity index is 2.48. The second-order valence-corrected chi connectivity index (χ2v) is 29.1. The zero-order valence-electron chi connectivity index (χ0n) is 51.1. The molecule has 0 unspecified atom stereocenters. The quantitative estimate of drug-likeness (QED) is 0.102. The van der Waals surface area contributed by atoms with Crippen LogP contribution in [0, 0.1) is 6.92 Å². The molecule has 0 aliphatic heterocycles. The number of carbonyl (C=O) groups is 3. The zero-order chi connectivity index (χ0) is 59.0. The van der Waals surface area contributed by atoms with Gasteiger partial charge in [-0.1, -0.05) is 125 Å². The van der Waals surface area contributed by atoms with E-state index in [0.29, 0.717) is 38.9 Å². The fourth-order valence-corrected chi connectivity index (χ4v) is 8.73. The normalized spacial score (nSPS) is 13.3. The van der Waals surface area contributed by atoms with Crippen LogP contribution in [0.5, 0.6) is 17.2 Å². The van der Waals surface area contributed by atoms with E-state index < -0.39 is 84.8 Å². The summed E-state index contributed by atoms with van der Waals surface area (Å²) in [5.74, 6) is 0.615. The predicted molar refractivity (Wildman–Crippen MR) is 301 cm³/mol. The van der Waals surface area contributed by atoms with E-state index in [-0.39, 0.29) is 34.3 Å². The number of hydrogen-bond acceptors (Lipinski definition) is 12. The van der Waals surface area contributed by atoms with Crippen LogP contribution < -0.4 is 31.3 Å². The molecule has 76 heavy (non-hydrogen) atoms. The van der Waals surface area contributed by atoms with Gasteiger partial charge in [-0.25, -0.2) is 42.5 Å². The molecule has 0 amide bonds. The minimum Gasteiger partial charge on any atom is -0.428 e. The van der Waals surface area contributed by atoms with Crippen LogP contribution in [-0.4, -0.2) is 49.0 Å². The molecule has 0 saturated carbocycles. The third-order valence-corrected chi connectivity index (χ3v) is 12.1. The molecule has 3 aromatic carbocycles. The fourth-order valence-electron chi connectivity index (χ4n) is 8.73. The summed E-state index contributed by atoms with van der Waals surface area (Å²) in [6.07, 6.45) is -2.81. The standard InChI is InChI=1S/C61H89N3O12/c1-34-42(33-41(57(14,15)16)46(43(34)58(17,18)19)73-52(70)76-61(26,27)28)64-48(66)62(35-29-37(53(2,3)4)44(38(30-35)54(5,6)7)71-50(68)74-59(20,21)22)47(65)63(49(64)67)36-31-39(55(8,9)10)45(40(32-36)56(11,12)13)72-51(69)75-60(23,24)25/h29-33H,1-28H3. The number of aromatic nitrogens is 3. The van der Waals surface area contributed by atoms with Gasteiger partial charge < -0.3 is 28.4 Å². The van der Waals surface area contributed by atoms with Crippen LogP contribution in [-0.2, 0) is 46.7 Å². The molecule has 1 heterocycles. The summed E-state index contributed by atoms with van der Waals surface area (Å²) in [7, 11) is 0. The molecule has 4 aromatic rings. The van der Waals surface area contributed by atoms with Crippen molar-refractivity contribution in [3.63, 3.8) is 0 Å². The van der Waals surface area contributed by atoms with Gasteiger partial charge in [0.1, 0.15) is 34.1 Å². The second kappa shape index (κ2) is 20.4. The summed E-state index contributed by atoms with van der Waals surface area (Å²) in [4.78, 5) is 88.6. The van der Waals surface area contributed by atoms with Gasteiger partial charge in [0, 0.05) is 33.4 Å². The number of carbonyl (C=O) groups excluding carboxylic acids is 3. The summed E-state index contributed by atoms with van der Waals surface area (Å²) in [6.45, 7) is 51.9. The van der Waals surface area contributed by atoms with Gasteiger partial charge in [0.05, 0.1) is 17.1 Å². The van der Waals surface area contributed by atoms with Crippen molar-refractivity contribution >= 4 is 18.5 Å². The first-order chi connectivity index (χ1) is 33.8. The van der Waals surface area contributed by atoms with E-state index in [2.05, 4.69) is 0 Å². The predicted octanol–water partition coefficient (Wildman–Crippen LogP) is 14.2. The monoisotopic (exact) mass is 1060 g/mol. The molecule has 4 rings (SSSR count). The van der Waals surface area contributed by atoms with Crippen LogP contribution in [0.3, 0.4) is 0 Å². The van der Waals surface area contributed by atoms with E-state index >= 15 is 14.4 Å². The number of hydrogen-bond donors (Lipinski definition) is 0. The summed E-state index contributed by atoms with van der Waals surface area (Å²) in [5.41, 5.74) is -6.80. The van der Waals surface area contributed by atoms with E-state index in [4.69, 9.17) is 28.4 Å². The molecule has 0 fully saturated rings. The van der Waals surface area contributed by atoms with Gasteiger partial charge in [0.25, 0.3) is 0 Å². The lowest BCUT2D eigenvalue weighted by Crippen LogP contribution is -2.53. The van der Waals surface area contributed by atoms with Crippen molar-refractivity contribution in [3.8, 4) is 34.3 Å². The number of ether oxygens (including phenoxy) is 6. The molecule has 15 heteroatoms. The molecule has 0 bridgehead atoms. The molecule has 420 valence electrons. The van der Waals surface area contributed by atoms with E-state index in [1.165, 1.54) is 0 Å². The fraction of sp³-hybridized carbons (Fsp3) is 0.607. The molecule has 0 radical (unpaired) electrons. The average Bonchev–Trinajstić information content (AvgIpc) is 3.14. The van der Waals surface area contributed by atoms with Gasteiger partial charge in [-0.15, -0.1) is 0 Å². The lowest BCUT2D eigenvalue weighted by Gasteiger charge is -2.33. The van der Waals surface area contributed by atoms with Gasteiger partial charge in [0.15, 0.2) is 0 Å². The highest BCUT2D eigenvalue weighted by Gasteiger charge is 2.38. The summed E-state index contributed by atoms with van der Waals surface area (Å²) < 4.78 is 38.3. The van der Waals surface area contributed by atoms with Crippen LogP contribution in [0.15, 0.2) is 44.7 Å². The molecule has 1 aromatic heterocycles. The minimum absolute atomic E-state index is 0.0791. The molecular weight excluding hydrogens is 967 g/mol. The maximum Gasteiger partial charge on any atom is 0.514 e. The first-order valence-corrected chi connectivity index (χ1v) is 26.1. The van der Waals surface area contributed by atoms with E-state index in [0.717, 1.165) is 13.7 Å². The lowest BCUT2D eigenvalue weighted by atomic mass is 9.77. The van der Waals surface area contributed by atoms with Crippen LogP contribution >= 0.6 is 0 Å². The first kappa shape index (κ1) is 62.4. The Morgan fingerprint density at radius 2 is 0.579 bits per heavy atom. The van der Waals surface area contributed by atoms with Crippen molar-refractivity contribution in [2.75, 3.05) is 0 Å². The Bertz CT molecular complexity index is 2880. The Labute approximate surface area is 451 Å². The molecule has 0 aliphatic carbocycles. The van der Waals surface area contributed by atoms with Crippen molar-refractivity contribution in [3.05, 3.63) is 101 Å². The summed E-state index contributed by atoms with van der Waals surface area (Å²) in [5, 5.41) is 0. The third kappa shape index (κ3) is 14.5. The number of nitrogens with zero attached hydrogens (tertiary/aromatic N) is 3. The van der Waals surface area contributed by atoms with Gasteiger partial charge in [-0.05, 0) is 138 Å². The second-order valence-electron chi connectivity index (χ2n) is 29.1. The topological polar surface area (TPSA) is 173 Å². The Kier molecular flexibility index (Phi) is 16.7. The first-order valence-electron chi connectivity index (χ1n) is 26.1.